The molecule has 0 bridgehead atoms. The Labute approximate surface area is 266 Å². The second kappa shape index (κ2) is 16.2. The van der Waals surface area contributed by atoms with Crippen molar-refractivity contribution >= 4 is 11.6 Å². The van der Waals surface area contributed by atoms with Gasteiger partial charge in [-0.15, -0.1) is 0 Å². The molecular weight excluding hydrogens is 573 g/mol. The van der Waals surface area contributed by atoms with Crippen LogP contribution in [0.1, 0.15) is 68.9 Å². The molecule has 8 nitrogen and oxygen atoms in total. The molecule has 4 unspecified atom stereocenters. The predicted molar refractivity (Wildman–Crippen MR) is 174 cm³/mol. The number of rotatable bonds is 16. The first-order valence-corrected chi connectivity index (χ1v) is 16.5. The van der Waals surface area contributed by atoms with Crippen LogP contribution in [-0.4, -0.2) is 69.8 Å². The van der Waals surface area contributed by atoms with E-state index in [0.717, 1.165) is 99.9 Å². The van der Waals surface area contributed by atoms with E-state index in [1.165, 1.54) is 6.07 Å². The fourth-order valence-electron chi connectivity index (χ4n) is 6.80. The SMILES string of the molecule is COc1ccc(F)cc1CCC1CCC(CCNCCCCCN2N=C(c3ccc(OC)c(OC)c3)C3CC=CCC3C2=O)O1. The van der Waals surface area contributed by atoms with Crippen molar-refractivity contribution in [3.05, 3.63) is 65.5 Å². The van der Waals surface area contributed by atoms with Crippen LogP contribution in [0.3, 0.4) is 0 Å². The molecule has 1 aliphatic carbocycles. The third-order valence-electron chi connectivity index (χ3n) is 9.30. The third kappa shape index (κ3) is 8.44. The Hall–Kier alpha value is -3.43. The van der Waals surface area contributed by atoms with Crippen LogP contribution in [0, 0.1) is 17.7 Å². The van der Waals surface area contributed by atoms with Gasteiger partial charge in [0, 0.05) is 18.0 Å². The zero-order valence-electron chi connectivity index (χ0n) is 26.9. The molecule has 5 rings (SSSR count). The number of carbonyl (C=O) groups is 1. The molecule has 45 heavy (non-hydrogen) atoms. The van der Waals surface area contributed by atoms with E-state index >= 15 is 0 Å². The van der Waals surface area contributed by atoms with Crippen molar-refractivity contribution in [2.45, 2.75) is 76.4 Å². The molecular formula is C36H48FN3O5. The van der Waals surface area contributed by atoms with Gasteiger partial charge in [-0.25, -0.2) is 9.40 Å². The van der Waals surface area contributed by atoms with Crippen LogP contribution >= 0.6 is 0 Å². The Bertz CT molecular complexity index is 1350. The number of carbonyl (C=O) groups excluding carboxylic acids is 1. The summed E-state index contributed by atoms with van der Waals surface area (Å²) in [4.78, 5) is 13.4. The molecule has 1 N–H and O–H groups in total. The zero-order chi connectivity index (χ0) is 31.6. The summed E-state index contributed by atoms with van der Waals surface area (Å²) in [5.41, 5.74) is 2.83. The Morgan fingerprint density at radius 2 is 1.60 bits per heavy atom. The number of allylic oxidation sites excluding steroid dienone is 2. The summed E-state index contributed by atoms with van der Waals surface area (Å²) < 4.78 is 36.3. The maximum absolute atomic E-state index is 13.7. The van der Waals surface area contributed by atoms with Crippen molar-refractivity contribution in [3.63, 3.8) is 0 Å². The largest absolute Gasteiger partial charge is 0.496 e. The molecule has 3 aliphatic rings. The molecule has 0 saturated carbocycles. The fraction of sp³-hybridized carbons (Fsp3) is 0.556. The van der Waals surface area contributed by atoms with Gasteiger partial charge in [0.1, 0.15) is 11.6 Å². The number of nitrogens with one attached hydrogen (secondary N) is 1. The van der Waals surface area contributed by atoms with Gasteiger partial charge >= 0.3 is 0 Å². The number of hydrogen-bond acceptors (Lipinski definition) is 7. The minimum absolute atomic E-state index is 0.0705. The van der Waals surface area contributed by atoms with Gasteiger partial charge in [0.2, 0.25) is 5.91 Å². The van der Waals surface area contributed by atoms with Gasteiger partial charge in [-0.05, 0) is 113 Å². The highest BCUT2D eigenvalue weighted by molar-refractivity contribution is 6.07. The average Bonchev–Trinajstić information content (AvgIpc) is 3.53. The number of hydrogen-bond donors (Lipinski definition) is 1. The summed E-state index contributed by atoms with van der Waals surface area (Å²) in [6, 6.07) is 10.6. The van der Waals surface area contributed by atoms with E-state index in [-0.39, 0.29) is 35.8 Å². The first kappa shape index (κ1) is 32.9. The van der Waals surface area contributed by atoms with Crippen molar-refractivity contribution in [2.75, 3.05) is 41.0 Å². The van der Waals surface area contributed by atoms with Gasteiger partial charge in [0.15, 0.2) is 11.5 Å². The minimum atomic E-state index is -0.230. The summed E-state index contributed by atoms with van der Waals surface area (Å²) in [6.45, 7) is 2.50. The first-order valence-electron chi connectivity index (χ1n) is 16.5. The molecule has 1 saturated heterocycles. The summed E-state index contributed by atoms with van der Waals surface area (Å²) in [7, 11) is 4.89. The van der Waals surface area contributed by atoms with Crippen LogP contribution in [0.5, 0.6) is 17.2 Å². The summed E-state index contributed by atoms with van der Waals surface area (Å²) in [5, 5.41) is 10.2. The number of amides is 1. The molecule has 2 aromatic rings. The molecule has 1 amide bonds. The maximum atomic E-state index is 13.7. The lowest BCUT2D eigenvalue weighted by atomic mass is 9.76. The lowest BCUT2D eigenvalue weighted by Crippen LogP contribution is -2.45. The van der Waals surface area contributed by atoms with Crippen molar-refractivity contribution in [1.82, 2.24) is 10.3 Å². The number of benzene rings is 2. The fourth-order valence-corrected chi connectivity index (χ4v) is 6.80. The van der Waals surface area contributed by atoms with Crippen molar-refractivity contribution in [1.29, 1.82) is 0 Å². The quantitative estimate of drug-likeness (QED) is 0.175. The standard InChI is InChI=1S/C36H48FN3O5/c1-42-32-18-13-27(37)23-25(32)11-14-28-15-16-29(45-28)19-21-38-20-7-4-8-22-40-36(41)31-10-6-5-9-30(31)35(39-40)26-12-17-33(43-2)34(24-26)44-3/h5-6,12-13,17-18,23-24,28-31,38H,4,7-11,14-16,19-22H2,1-3H3. The Balaban J connectivity index is 1.01. The molecule has 2 aromatic carbocycles. The summed E-state index contributed by atoms with van der Waals surface area (Å²) in [5.74, 6) is 2.00. The Morgan fingerprint density at radius 1 is 0.867 bits per heavy atom. The normalized spacial score (nSPS) is 22.7. The number of ether oxygens (including phenoxy) is 4. The maximum Gasteiger partial charge on any atom is 0.246 e. The van der Waals surface area contributed by atoms with E-state index < -0.39 is 0 Å². The molecule has 4 atom stereocenters. The molecule has 2 aliphatic heterocycles. The van der Waals surface area contributed by atoms with Crippen LogP contribution in [-0.2, 0) is 16.0 Å². The summed E-state index contributed by atoms with van der Waals surface area (Å²) >= 11 is 0. The molecule has 244 valence electrons. The highest BCUT2D eigenvalue weighted by atomic mass is 19.1. The van der Waals surface area contributed by atoms with Crippen molar-refractivity contribution < 1.29 is 28.1 Å². The van der Waals surface area contributed by atoms with E-state index in [9.17, 15) is 9.18 Å². The number of aryl methyl sites for hydroxylation is 1. The summed E-state index contributed by atoms with van der Waals surface area (Å²) in [6.07, 6.45) is 14.1. The molecule has 0 radical (unpaired) electrons. The highest BCUT2D eigenvalue weighted by Crippen LogP contribution is 2.37. The predicted octanol–water partition coefficient (Wildman–Crippen LogP) is 6.31. The second-order valence-corrected chi connectivity index (χ2v) is 12.2. The topological polar surface area (TPSA) is 81.6 Å². The number of halogens is 1. The van der Waals surface area contributed by atoms with E-state index in [4.69, 9.17) is 24.0 Å². The number of fused-ring (bicyclic) bond motifs is 1. The number of methoxy groups -OCH3 is 3. The monoisotopic (exact) mass is 621 g/mol. The molecule has 9 heteroatoms. The van der Waals surface area contributed by atoms with Crippen molar-refractivity contribution in [3.8, 4) is 17.2 Å². The second-order valence-electron chi connectivity index (χ2n) is 12.2. The van der Waals surface area contributed by atoms with E-state index in [0.29, 0.717) is 18.0 Å². The van der Waals surface area contributed by atoms with E-state index in [2.05, 4.69) is 17.5 Å². The van der Waals surface area contributed by atoms with Gasteiger partial charge in [0.05, 0.1) is 45.2 Å². The number of nitrogens with zero attached hydrogens (tertiary/aromatic N) is 2. The zero-order valence-corrected chi connectivity index (χ0v) is 26.9. The van der Waals surface area contributed by atoms with Gasteiger partial charge in [0.25, 0.3) is 0 Å². The van der Waals surface area contributed by atoms with Crippen LogP contribution in [0.15, 0.2) is 53.7 Å². The molecule has 1 fully saturated rings. The van der Waals surface area contributed by atoms with Crippen LogP contribution in [0.2, 0.25) is 0 Å². The van der Waals surface area contributed by atoms with Crippen LogP contribution in [0.25, 0.3) is 0 Å². The lowest BCUT2D eigenvalue weighted by molar-refractivity contribution is -0.137. The average molecular weight is 622 g/mol. The Morgan fingerprint density at radius 3 is 2.38 bits per heavy atom. The van der Waals surface area contributed by atoms with Gasteiger partial charge in [-0.1, -0.05) is 18.6 Å². The van der Waals surface area contributed by atoms with Gasteiger partial charge in [-0.3, -0.25) is 4.79 Å². The molecule has 2 heterocycles. The molecule has 0 spiro atoms. The first-order chi connectivity index (χ1) is 22.0. The number of hydrazone groups is 1. The Kier molecular flexibility index (Phi) is 11.9. The number of unbranched alkanes of at least 4 members (excludes halogenated alkanes) is 2. The van der Waals surface area contributed by atoms with E-state index in [1.807, 2.05) is 18.2 Å². The smallest absolute Gasteiger partial charge is 0.246 e. The lowest BCUT2D eigenvalue weighted by Gasteiger charge is -2.37. The van der Waals surface area contributed by atoms with Crippen molar-refractivity contribution in [2.24, 2.45) is 16.9 Å². The van der Waals surface area contributed by atoms with Crippen LogP contribution in [0.4, 0.5) is 4.39 Å². The van der Waals surface area contributed by atoms with E-state index in [1.54, 1.807) is 38.5 Å². The highest BCUT2D eigenvalue weighted by Gasteiger charge is 2.40. The van der Waals surface area contributed by atoms with Gasteiger partial charge < -0.3 is 24.3 Å². The molecule has 0 aromatic heterocycles. The minimum Gasteiger partial charge on any atom is -0.496 e. The third-order valence-corrected chi connectivity index (χ3v) is 9.30. The van der Waals surface area contributed by atoms with Crippen LogP contribution < -0.4 is 19.5 Å². The van der Waals surface area contributed by atoms with Gasteiger partial charge in [-0.2, -0.15) is 5.10 Å².